The molecular weight excluding hydrogens is 429 g/mol. The van der Waals surface area contributed by atoms with E-state index >= 15 is 0 Å². The number of nitrogens with one attached hydrogen (secondary N) is 1. The molecule has 25 heavy (non-hydrogen) atoms. The lowest BCUT2D eigenvalue weighted by atomic mass is 10.1. The number of benzene rings is 1. The van der Waals surface area contributed by atoms with E-state index < -0.39 is 0 Å². The average Bonchev–Trinajstić information content (AvgIpc) is 3.07. The average molecular weight is 461 g/mol. The van der Waals surface area contributed by atoms with Gasteiger partial charge in [-0.1, -0.05) is 32.0 Å². The number of hydrogen-bond acceptors (Lipinski definition) is 3. The van der Waals surface area contributed by atoms with Gasteiger partial charge in [0.2, 0.25) is 0 Å². The molecule has 0 amide bonds. The van der Waals surface area contributed by atoms with Crippen LogP contribution in [0.4, 0.5) is 0 Å². The molecule has 1 aromatic carbocycles. The molecule has 5 nitrogen and oxygen atoms in total. The molecule has 2 rings (SSSR count). The molecule has 0 bridgehead atoms. The van der Waals surface area contributed by atoms with E-state index in [1.807, 2.05) is 25.2 Å². The summed E-state index contributed by atoms with van der Waals surface area (Å²) in [6.07, 6.45) is 1.13. The number of para-hydroxylation sites is 1. The minimum atomic E-state index is 0. The molecule has 1 heterocycles. The minimum absolute atomic E-state index is 0. The van der Waals surface area contributed by atoms with Gasteiger partial charge in [0.1, 0.15) is 5.75 Å². The van der Waals surface area contributed by atoms with Crippen LogP contribution in [-0.2, 0) is 11.3 Å². The first kappa shape index (κ1) is 22.0. The molecule has 1 aliphatic heterocycles. The lowest BCUT2D eigenvalue weighted by molar-refractivity contribution is 0.181. The summed E-state index contributed by atoms with van der Waals surface area (Å²) < 4.78 is 11.4. The third-order valence-electron chi connectivity index (χ3n) is 4.11. The Morgan fingerprint density at radius 2 is 2.16 bits per heavy atom. The maximum Gasteiger partial charge on any atom is 0.193 e. The molecule has 1 N–H and O–H groups in total. The Morgan fingerprint density at radius 3 is 2.80 bits per heavy atom. The van der Waals surface area contributed by atoms with E-state index in [1.165, 1.54) is 0 Å². The molecule has 0 aromatic heterocycles. The fourth-order valence-electron chi connectivity index (χ4n) is 2.81. The molecule has 0 aliphatic carbocycles. The van der Waals surface area contributed by atoms with Crippen LogP contribution < -0.4 is 10.1 Å². The first-order valence-corrected chi connectivity index (χ1v) is 8.80. The van der Waals surface area contributed by atoms with E-state index in [0.717, 1.165) is 50.1 Å². The van der Waals surface area contributed by atoms with E-state index in [2.05, 4.69) is 42.2 Å². The second-order valence-corrected chi connectivity index (χ2v) is 6.82. The molecule has 1 unspecified atom stereocenters. The Labute approximate surface area is 169 Å². The van der Waals surface area contributed by atoms with Crippen molar-refractivity contribution in [1.29, 1.82) is 0 Å². The van der Waals surface area contributed by atoms with Crippen LogP contribution in [0.25, 0.3) is 0 Å². The number of rotatable bonds is 7. The van der Waals surface area contributed by atoms with Crippen molar-refractivity contribution in [1.82, 2.24) is 10.2 Å². The maximum absolute atomic E-state index is 5.92. The van der Waals surface area contributed by atoms with Crippen molar-refractivity contribution >= 4 is 29.9 Å². The molecule has 6 heteroatoms. The van der Waals surface area contributed by atoms with Crippen LogP contribution in [-0.4, -0.2) is 51.3 Å². The van der Waals surface area contributed by atoms with E-state index in [9.17, 15) is 0 Å². The summed E-state index contributed by atoms with van der Waals surface area (Å²) in [5, 5.41) is 3.44. The molecule has 1 aromatic rings. The lowest BCUT2D eigenvalue weighted by Gasteiger charge is -2.25. The van der Waals surface area contributed by atoms with Crippen LogP contribution in [0, 0.1) is 11.8 Å². The van der Waals surface area contributed by atoms with Gasteiger partial charge >= 0.3 is 0 Å². The van der Waals surface area contributed by atoms with Crippen molar-refractivity contribution in [2.75, 3.05) is 40.5 Å². The summed E-state index contributed by atoms with van der Waals surface area (Å²) >= 11 is 0. The Hall–Kier alpha value is -1.02. The first-order valence-electron chi connectivity index (χ1n) is 8.80. The molecule has 1 saturated heterocycles. The van der Waals surface area contributed by atoms with Gasteiger partial charge in [-0.2, -0.15) is 0 Å². The largest absolute Gasteiger partial charge is 0.493 e. The topological polar surface area (TPSA) is 46.1 Å². The van der Waals surface area contributed by atoms with E-state index in [4.69, 9.17) is 9.47 Å². The highest BCUT2D eigenvalue weighted by molar-refractivity contribution is 14.0. The predicted octanol–water partition coefficient (Wildman–Crippen LogP) is 3.38. The highest BCUT2D eigenvalue weighted by atomic mass is 127. The van der Waals surface area contributed by atoms with Crippen molar-refractivity contribution in [3.05, 3.63) is 29.8 Å². The van der Waals surface area contributed by atoms with Gasteiger partial charge in [-0.25, -0.2) is 0 Å². The van der Waals surface area contributed by atoms with E-state index in [1.54, 1.807) is 0 Å². The number of halogens is 1. The molecule has 0 radical (unpaired) electrons. The zero-order valence-corrected chi connectivity index (χ0v) is 18.2. The maximum atomic E-state index is 5.92. The normalized spacial score (nSPS) is 17.3. The van der Waals surface area contributed by atoms with Crippen LogP contribution in [0.5, 0.6) is 5.75 Å². The fourth-order valence-corrected chi connectivity index (χ4v) is 2.81. The van der Waals surface area contributed by atoms with Crippen molar-refractivity contribution in [3.63, 3.8) is 0 Å². The zero-order chi connectivity index (χ0) is 17.4. The van der Waals surface area contributed by atoms with Crippen molar-refractivity contribution in [3.8, 4) is 5.75 Å². The number of ether oxygens (including phenoxy) is 2. The summed E-state index contributed by atoms with van der Waals surface area (Å²) in [6, 6.07) is 8.18. The quantitative estimate of drug-likeness (QED) is 0.384. The number of guanidine groups is 1. The summed E-state index contributed by atoms with van der Waals surface area (Å²) in [7, 11) is 3.90. The third-order valence-corrected chi connectivity index (χ3v) is 4.11. The van der Waals surface area contributed by atoms with Gasteiger partial charge in [-0.15, -0.1) is 24.0 Å². The van der Waals surface area contributed by atoms with Crippen LogP contribution in [0.2, 0.25) is 0 Å². The second-order valence-electron chi connectivity index (χ2n) is 6.82. The van der Waals surface area contributed by atoms with Crippen molar-refractivity contribution in [2.45, 2.75) is 26.8 Å². The summed E-state index contributed by atoms with van der Waals surface area (Å²) in [4.78, 5) is 6.58. The van der Waals surface area contributed by atoms with Gasteiger partial charge in [0.15, 0.2) is 5.96 Å². The monoisotopic (exact) mass is 461 g/mol. The van der Waals surface area contributed by atoms with Gasteiger partial charge in [0, 0.05) is 45.3 Å². The SMILES string of the molecule is CN=C(NCc1ccccc1OCC(C)C)N(C)CC1CCOC1.I. The van der Waals surface area contributed by atoms with E-state index in [-0.39, 0.29) is 24.0 Å². The molecule has 0 saturated carbocycles. The van der Waals surface area contributed by atoms with Gasteiger partial charge in [-0.3, -0.25) is 4.99 Å². The van der Waals surface area contributed by atoms with Gasteiger partial charge < -0.3 is 19.7 Å². The zero-order valence-electron chi connectivity index (χ0n) is 15.8. The molecule has 1 fully saturated rings. The summed E-state index contributed by atoms with van der Waals surface area (Å²) in [5.74, 6) is 2.95. The van der Waals surface area contributed by atoms with Crippen LogP contribution in [0.1, 0.15) is 25.8 Å². The molecule has 0 spiro atoms. The Morgan fingerprint density at radius 1 is 1.40 bits per heavy atom. The van der Waals surface area contributed by atoms with Crippen LogP contribution >= 0.6 is 24.0 Å². The van der Waals surface area contributed by atoms with Crippen molar-refractivity contribution in [2.24, 2.45) is 16.8 Å². The number of aliphatic imine (C=N–C) groups is 1. The standard InChI is InChI=1S/C19H31N3O2.HI/c1-15(2)13-24-18-8-6-5-7-17(18)11-21-19(20-3)22(4)12-16-9-10-23-14-16;/h5-8,15-16H,9-14H2,1-4H3,(H,20,21);1H. The molecule has 1 aliphatic rings. The first-order chi connectivity index (χ1) is 11.6. The Bertz CT molecular complexity index is 531. The van der Waals surface area contributed by atoms with Crippen LogP contribution in [0.15, 0.2) is 29.3 Å². The predicted molar refractivity (Wildman–Crippen MR) is 114 cm³/mol. The van der Waals surface area contributed by atoms with Gasteiger partial charge in [0.05, 0.1) is 13.2 Å². The van der Waals surface area contributed by atoms with E-state index in [0.29, 0.717) is 18.4 Å². The third kappa shape index (κ3) is 7.40. The van der Waals surface area contributed by atoms with Gasteiger partial charge in [0.25, 0.3) is 0 Å². The number of hydrogen-bond donors (Lipinski definition) is 1. The smallest absolute Gasteiger partial charge is 0.193 e. The summed E-state index contributed by atoms with van der Waals surface area (Å²) in [6.45, 7) is 8.44. The Balaban J connectivity index is 0.00000312. The molecule has 142 valence electrons. The number of nitrogens with zero attached hydrogens (tertiary/aromatic N) is 2. The molecule has 1 atom stereocenters. The van der Waals surface area contributed by atoms with Crippen LogP contribution in [0.3, 0.4) is 0 Å². The molecular formula is C19H32IN3O2. The highest BCUT2D eigenvalue weighted by Crippen LogP contribution is 2.19. The summed E-state index contributed by atoms with van der Waals surface area (Å²) in [5.41, 5.74) is 1.15. The minimum Gasteiger partial charge on any atom is -0.493 e. The Kier molecular flexibility index (Phi) is 10.2. The van der Waals surface area contributed by atoms with Gasteiger partial charge in [-0.05, 0) is 18.4 Å². The fraction of sp³-hybridized carbons (Fsp3) is 0.632. The van der Waals surface area contributed by atoms with Crippen molar-refractivity contribution < 1.29 is 9.47 Å². The highest BCUT2D eigenvalue weighted by Gasteiger charge is 2.19. The lowest BCUT2D eigenvalue weighted by Crippen LogP contribution is -2.41. The second kappa shape index (κ2) is 11.6.